The summed E-state index contributed by atoms with van der Waals surface area (Å²) in [5.41, 5.74) is 4.22. The quantitative estimate of drug-likeness (QED) is 0.795. The fourth-order valence-corrected chi connectivity index (χ4v) is 4.00. The van der Waals surface area contributed by atoms with Gasteiger partial charge in [-0.15, -0.1) is 0 Å². The fourth-order valence-electron chi connectivity index (χ4n) is 4.00. The number of ether oxygens (including phenoxy) is 1. The van der Waals surface area contributed by atoms with Crippen molar-refractivity contribution in [1.29, 1.82) is 5.26 Å². The van der Waals surface area contributed by atoms with E-state index in [4.69, 9.17) is 4.74 Å². The maximum Gasteiger partial charge on any atom is 0.414 e. The molecule has 6 nitrogen and oxygen atoms in total. The summed E-state index contributed by atoms with van der Waals surface area (Å²) in [5, 5.41) is 9.21. The number of amides is 2. The van der Waals surface area contributed by atoms with Gasteiger partial charge in [0.25, 0.3) is 5.91 Å². The number of nitrogens with zero attached hydrogens (tertiary/aromatic N) is 3. The SMILES string of the molecule is Cc1ccc(N2CCOC2=O)c(-c2cccc(C(=O)N3CCC[C@H](C#N)C3)c2)c1. The Kier molecular flexibility index (Phi) is 5.22. The Labute approximate surface area is 170 Å². The Morgan fingerprint density at radius 3 is 2.83 bits per heavy atom. The zero-order chi connectivity index (χ0) is 20.4. The maximum atomic E-state index is 13.0. The standard InChI is InChI=1S/C23H23N3O3/c1-16-7-8-21(26-10-11-29-23(26)28)20(12-16)18-5-2-6-19(13-18)22(27)25-9-3-4-17(14-24)15-25/h2,5-8,12-13,17H,3-4,9-11,15H2,1H3/t17-/m1/s1. The second-order valence-electron chi connectivity index (χ2n) is 7.59. The number of anilines is 1. The molecule has 2 aromatic carbocycles. The molecule has 6 heteroatoms. The molecule has 2 aliphatic rings. The predicted molar refractivity (Wildman–Crippen MR) is 110 cm³/mol. The van der Waals surface area contributed by atoms with Crippen LogP contribution in [0.4, 0.5) is 10.5 Å². The van der Waals surface area contributed by atoms with Crippen LogP contribution >= 0.6 is 0 Å². The number of hydrogen-bond acceptors (Lipinski definition) is 4. The van der Waals surface area contributed by atoms with Crippen molar-refractivity contribution < 1.29 is 14.3 Å². The Hall–Kier alpha value is -3.33. The molecule has 0 aromatic heterocycles. The van der Waals surface area contributed by atoms with Crippen molar-refractivity contribution in [3.8, 4) is 17.2 Å². The molecule has 2 heterocycles. The summed E-state index contributed by atoms with van der Waals surface area (Å²) < 4.78 is 5.10. The van der Waals surface area contributed by atoms with Gasteiger partial charge in [0.1, 0.15) is 6.61 Å². The van der Waals surface area contributed by atoms with Crippen molar-refractivity contribution in [2.75, 3.05) is 31.1 Å². The number of aryl methyl sites for hydroxylation is 1. The zero-order valence-electron chi connectivity index (χ0n) is 16.4. The van der Waals surface area contributed by atoms with E-state index in [1.807, 2.05) is 43.3 Å². The first kappa shape index (κ1) is 19.0. The molecule has 0 saturated carbocycles. The average Bonchev–Trinajstić information content (AvgIpc) is 3.19. The summed E-state index contributed by atoms with van der Waals surface area (Å²) in [5.74, 6) is -0.151. The van der Waals surface area contributed by atoms with Crippen molar-refractivity contribution in [1.82, 2.24) is 4.90 Å². The number of rotatable bonds is 3. The molecule has 2 amide bonds. The smallest absolute Gasteiger partial charge is 0.414 e. The summed E-state index contributed by atoms with van der Waals surface area (Å²) >= 11 is 0. The van der Waals surface area contributed by atoms with E-state index in [1.54, 1.807) is 15.9 Å². The lowest BCUT2D eigenvalue weighted by atomic mass is 9.96. The van der Waals surface area contributed by atoms with Gasteiger partial charge in [0, 0.05) is 24.2 Å². The van der Waals surface area contributed by atoms with Crippen molar-refractivity contribution >= 4 is 17.7 Å². The summed E-state index contributed by atoms with van der Waals surface area (Å²) in [7, 11) is 0. The van der Waals surface area contributed by atoms with E-state index in [0.717, 1.165) is 35.2 Å². The van der Waals surface area contributed by atoms with E-state index in [9.17, 15) is 14.9 Å². The molecule has 0 N–H and O–H groups in total. The van der Waals surface area contributed by atoms with Gasteiger partial charge in [0.2, 0.25) is 0 Å². The van der Waals surface area contributed by atoms with Crippen LogP contribution in [-0.4, -0.2) is 43.1 Å². The minimum Gasteiger partial charge on any atom is -0.447 e. The minimum atomic E-state index is -0.349. The Bertz CT molecular complexity index is 995. The van der Waals surface area contributed by atoms with Gasteiger partial charge in [0.15, 0.2) is 0 Å². The normalized spacial score (nSPS) is 19.0. The molecule has 2 fully saturated rings. The van der Waals surface area contributed by atoms with Crippen LogP contribution in [0, 0.1) is 24.2 Å². The summed E-state index contributed by atoms with van der Waals surface area (Å²) in [6.07, 6.45) is 1.35. The maximum absolute atomic E-state index is 13.0. The number of carbonyl (C=O) groups is 2. The third kappa shape index (κ3) is 3.81. The number of piperidine rings is 1. The van der Waals surface area contributed by atoms with Gasteiger partial charge in [0.05, 0.1) is 24.2 Å². The number of cyclic esters (lactones) is 1. The lowest BCUT2D eigenvalue weighted by Crippen LogP contribution is -2.39. The van der Waals surface area contributed by atoms with Gasteiger partial charge < -0.3 is 9.64 Å². The highest BCUT2D eigenvalue weighted by Crippen LogP contribution is 2.34. The Morgan fingerprint density at radius 2 is 2.07 bits per heavy atom. The van der Waals surface area contributed by atoms with Crippen LogP contribution in [-0.2, 0) is 4.74 Å². The highest BCUT2D eigenvalue weighted by atomic mass is 16.6. The lowest BCUT2D eigenvalue weighted by molar-refractivity contribution is 0.0699. The van der Waals surface area contributed by atoms with Gasteiger partial charge in [-0.2, -0.15) is 5.26 Å². The summed E-state index contributed by atoms with van der Waals surface area (Å²) in [6.45, 7) is 4.04. The van der Waals surface area contributed by atoms with E-state index in [1.165, 1.54) is 0 Å². The first-order chi connectivity index (χ1) is 14.1. The van der Waals surface area contributed by atoms with Crippen LogP contribution in [0.15, 0.2) is 42.5 Å². The largest absolute Gasteiger partial charge is 0.447 e. The van der Waals surface area contributed by atoms with Gasteiger partial charge in [-0.3, -0.25) is 9.69 Å². The van der Waals surface area contributed by atoms with Crippen LogP contribution < -0.4 is 4.90 Å². The monoisotopic (exact) mass is 389 g/mol. The van der Waals surface area contributed by atoms with E-state index in [0.29, 0.717) is 31.8 Å². The van der Waals surface area contributed by atoms with Crippen molar-refractivity contribution in [2.45, 2.75) is 19.8 Å². The molecule has 148 valence electrons. The summed E-state index contributed by atoms with van der Waals surface area (Å²) in [6, 6.07) is 15.7. The van der Waals surface area contributed by atoms with E-state index in [-0.39, 0.29) is 17.9 Å². The highest BCUT2D eigenvalue weighted by molar-refractivity contribution is 5.98. The van der Waals surface area contributed by atoms with Crippen molar-refractivity contribution in [3.05, 3.63) is 53.6 Å². The van der Waals surface area contributed by atoms with Crippen LogP contribution in [0.2, 0.25) is 0 Å². The molecule has 2 saturated heterocycles. The molecule has 1 atom stereocenters. The lowest BCUT2D eigenvalue weighted by Gasteiger charge is -2.29. The number of benzene rings is 2. The van der Waals surface area contributed by atoms with Crippen LogP contribution in [0.1, 0.15) is 28.8 Å². The number of nitriles is 1. The van der Waals surface area contributed by atoms with E-state index < -0.39 is 0 Å². The minimum absolute atomic E-state index is 0.0541. The van der Waals surface area contributed by atoms with Crippen LogP contribution in [0.3, 0.4) is 0 Å². The summed E-state index contributed by atoms with van der Waals surface area (Å²) in [4.78, 5) is 28.5. The molecule has 0 spiro atoms. The molecule has 4 rings (SSSR count). The van der Waals surface area contributed by atoms with Crippen molar-refractivity contribution in [3.63, 3.8) is 0 Å². The molecule has 0 unspecified atom stereocenters. The molecule has 0 bridgehead atoms. The van der Waals surface area contributed by atoms with Crippen LogP contribution in [0.5, 0.6) is 0 Å². The average molecular weight is 389 g/mol. The van der Waals surface area contributed by atoms with Gasteiger partial charge >= 0.3 is 6.09 Å². The van der Waals surface area contributed by atoms with Gasteiger partial charge in [-0.25, -0.2) is 4.79 Å². The Morgan fingerprint density at radius 1 is 1.21 bits per heavy atom. The predicted octanol–water partition coefficient (Wildman–Crippen LogP) is 3.99. The topological polar surface area (TPSA) is 73.6 Å². The number of likely N-dealkylation sites (tertiary alicyclic amines) is 1. The zero-order valence-corrected chi connectivity index (χ0v) is 16.4. The fraction of sp³-hybridized carbons (Fsp3) is 0.348. The van der Waals surface area contributed by atoms with Gasteiger partial charge in [-0.1, -0.05) is 23.8 Å². The second kappa shape index (κ2) is 7.96. The molecule has 2 aliphatic heterocycles. The first-order valence-electron chi connectivity index (χ1n) is 9.91. The second-order valence-corrected chi connectivity index (χ2v) is 7.59. The third-order valence-corrected chi connectivity index (χ3v) is 5.52. The van der Waals surface area contributed by atoms with Crippen molar-refractivity contribution in [2.24, 2.45) is 5.92 Å². The molecule has 0 radical (unpaired) electrons. The molecule has 29 heavy (non-hydrogen) atoms. The van der Waals surface area contributed by atoms with Gasteiger partial charge in [-0.05, 0) is 49.6 Å². The number of hydrogen-bond donors (Lipinski definition) is 0. The Balaban J connectivity index is 1.67. The van der Waals surface area contributed by atoms with E-state index >= 15 is 0 Å². The molecule has 2 aromatic rings. The molecular formula is C23H23N3O3. The van der Waals surface area contributed by atoms with Crippen LogP contribution in [0.25, 0.3) is 11.1 Å². The number of carbonyl (C=O) groups excluding carboxylic acids is 2. The first-order valence-corrected chi connectivity index (χ1v) is 9.91. The van der Waals surface area contributed by atoms with E-state index in [2.05, 4.69) is 6.07 Å². The molecule has 0 aliphatic carbocycles. The highest BCUT2D eigenvalue weighted by Gasteiger charge is 2.27. The third-order valence-electron chi connectivity index (χ3n) is 5.52. The molecular weight excluding hydrogens is 366 g/mol.